The third kappa shape index (κ3) is 5.16. The summed E-state index contributed by atoms with van der Waals surface area (Å²) in [5, 5.41) is 0. The molecule has 1 aromatic rings. The zero-order chi connectivity index (χ0) is 21.1. The Morgan fingerprint density at radius 1 is 0.867 bits per heavy atom. The van der Waals surface area contributed by atoms with Crippen molar-refractivity contribution in [2.45, 2.75) is 96.5 Å². The zero-order valence-electron chi connectivity index (χ0n) is 18.3. The van der Waals surface area contributed by atoms with Crippen LogP contribution < -0.4 is 4.74 Å². The van der Waals surface area contributed by atoms with Gasteiger partial charge < -0.3 is 4.74 Å². The summed E-state index contributed by atoms with van der Waals surface area (Å²) >= 11 is 0. The van der Waals surface area contributed by atoms with Gasteiger partial charge in [-0.3, -0.25) is 0 Å². The standard InChI is InChI=1S/C26H37F3O/c1-2-3-17-4-5-22-15-21(11-10-20(22)14-17)18-6-8-19(9-7-18)23-12-13-25(24(27)16-23)30-26(28)29/h12-13,16-22,26H,2-11,14-15H2,1H3. The molecule has 3 aliphatic carbocycles. The van der Waals surface area contributed by atoms with E-state index in [1.54, 1.807) is 6.07 Å². The van der Waals surface area contributed by atoms with Gasteiger partial charge in [-0.1, -0.05) is 32.3 Å². The van der Waals surface area contributed by atoms with E-state index in [-0.39, 0.29) is 5.75 Å². The number of benzene rings is 1. The summed E-state index contributed by atoms with van der Waals surface area (Å²) in [5.74, 6) is 3.96. The molecule has 4 rings (SSSR count). The predicted octanol–water partition coefficient (Wildman–Crippen LogP) is 8.33. The first-order chi connectivity index (χ1) is 14.5. The summed E-state index contributed by atoms with van der Waals surface area (Å²) in [4.78, 5) is 0. The van der Waals surface area contributed by atoms with E-state index >= 15 is 0 Å². The van der Waals surface area contributed by atoms with Crippen molar-refractivity contribution in [3.8, 4) is 5.75 Å². The number of hydrogen-bond acceptors (Lipinski definition) is 1. The quantitative estimate of drug-likeness (QED) is 0.448. The first-order valence-electron chi connectivity index (χ1n) is 12.3. The van der Waals surface area contributed by atoms with Crippen LogP contribution in [-0.2, 0) is 0 Å². The fourth-order valence-electron chi connectivity index (χ4n) is 7.01. The number of halogens is 3. The van der Waals surface area contributed by atoms with Crippen molar-refractivity contribution in [3.05, 3.63) is 29.6 Å². The Morgan fingerprint density at radius 2 is 1.50 bits per heavy atom. The van der Waals surface area contributed by atoms with E-state index in [2.05, 4.69) is 11.7 Å². The van der Waals surface area contributed by atoms with E-state index in [1.165, 1.54) is 76.3 Å². The molecule has 3 aliphatic rings. The van der Waals surface area contributed by atoms with Gasteiger partial charge in [-0.2, -0.15) is 8.78 Å². The molecule has 1 nitrogen and oxygen atoms in total. The molecule has 4 atom stereocenters. The maximum atomic E-state index is 14.1. The third-order valence-electron chi connectivity index (χ3n) is 8.54. The molecule has 0 aromatic heterocycles. The van der Waals surface area contributed by atoms with Gasteiger partial charge in [-0.05, 0) is 111 Å². The normalized spacial score (nSPS) is 34.6. The molecule has 0 N–H and O–H groups in total. The summed E-state index contributed by atoms with van der Waals surface area (Å²) in [5.41, 5.74) is 0.936. The maximum absolute atomic E-state index is 14.1. The second-order valence-corrected chi connectivity index (χ2v) is 10.2. The zero-order valence-corrected chi connectivity index (χ0v) is 18.3. The van der Waals surface area contributed by atoms with Crippen LogP contribution in [0, 0.1) is 35.4 Å². The molecule has 168 valence electrons. The van der Waals surface area contributed by atoms with Crippen LogP contribution in [0.2, 0.25) is 0 Å². The van der Waals surface area contributed by atoms with Gasteiger partial charge in [0.1, 0.15) is 0 Å². The van der Waals surface area contributed by atoms with Gasteiger partial charge in [0.2, 0.25) is 0 Å². The average molecular weight is 423 g/mol. The lowest BCUT2D eigenvalue weighted by Crippen LogP contribution is -2.34. The number of fused-ring (bicyclic) bond motifs is 1. The van der Waals surface area contributed by atoms with Crippen LogP contribution in [0.4, 0.5) is 13.2 Å². The lowest BCUT2D eigenvalue weighted by atomic mass is 9.60. The highest BCUT2D eigenvalue weighted by Crippen LogP contribution is 2.50. The molecule has 3 saturated carbocycles. The van der Waals surface area contributed by atoms with Crippen LogP contribution in [0.3, 0.4) is 0 Å². The third-order valence-corrected chi connectivity index (χ3v) is 8.54. The van der Waals surface area contributed by atoms with Crippen molar-refractivity contribution in [3.63, 3.8) is 0 Å². The maximum Gasteiger partial charge on any atom is 0.387 e. The molecule has 0 bridgehead atoms. The van der Waals surface area contributed by atoms with E-state index in [0.717, 1.165) is 48.0 Å². The Balaban J connectivity index is 1.28. The largest absolute Gasteiger partial charge is 0.432 e. The monoisotopic (exact) mass is 422 g/mol. The topological polar surface area (TPSA) is 9.23 Å². The molecule has 0 spiro atoms. The molecule has 0 aliphatic heterocycles. The molecule has 0 saturated heterocycles. The smallest absolute Gasteiger partial charge is 0.387 e. The van der Waals surface area contributed by atoms with Crippen molar-refractivity contribution >= 4 is 0 Å². The number of hydrogen-bond donors (Lipinski definition) is 0. The molecule has 0 heterocycles. The van der Waals surface area contributed by atoms with Gasteiger partial charge in [0.05, 0.1) is 0 Å². The second kappa shape index (κ2) is 9.96. The highest BCUT2D eigenvalue weighted by atomic mass is 19.3. The second-order valence-electron chi connectivity index (χ2n) is 10.2. The molecule has 30 heavy (non-hydrogen) atoms. The summed E-state index contributed by atoms with van der Waals surface area (Å²) in [6.45, 7) is -0.670. The molecule has 0 amide bonds. The van der Waals surface area contributed by atoms with Gasteiger partial charge >= 0.3 is 6.61 Å². The first kappa shape index (κ1) is 22.0. The average Bonchev–Trinajstić information content (AvgIpc) is 2.75. The van der Waals surface area contributed by atoms with Crippen molar-refractivity contribution in [2.75, 3.05) is 0 Å². The SMILES string of the molecule is CCCC1CCC2CC(C3CCC(c4ccc(OC(F)F)c(F)c4)CC3)CCC2C1. The highest BCUT2D eigenvalue weighted by Gasteiger charge is 2.38. The number of rotatable bonds is 6. The minimum absolute atomic E-state index is 0.345. The van der Waals surface area contributed by atoms with Crippen LogP contribution in [-0.4, -0.2) is 6.61 Å². The van der Waals surface area contributed by atoms with E-state index in [9.17, 15) is 13.2 Å². The van der Waals surface area contributed by atoms with Crippen molar-refractivity contribution in [2.24, 2.45) is 29.6 Å². The van der Waals surface area contributed by atoms with Gasteiger partial charge in [-0.15, -0.1) is 0 Å². The first-order valence-corrected chi connectivity index (χ1v) is 12.3. The number of alkyl halides is 2. The van der Waals surface area contributed by atoms with Crippen molar-refractivity contribution in [1.29, 1.82) is 0 Å². The van der Waals surface area contributed by atoms with Crippen LogP contribution in [0.1, 0.15) is 95.5 Å². The Bertz CT molecular complexity index is 683. The van der Waals surface area contributed by atoms with Gasteiger partial charge in [0.25, 0.3) is 0 Å². The molecule has 4 heteroatoms. The summed E-state index contributed by atoms with van der Waals surface area (Å²) in [6.07, 6.45) is 16.0. The van der Waals surface area contributed by atoms with Crippen molar-refractivity contribution in [1.82, 2.24) is 0 Å². The van der Waals surface area contributed by atoms with E-state index in [4.69, 9.17) is 0 Å². The molecule has 1 aromatic carbocycles. The highest BCUT2D eigenvalue weighted by molar-refractivity contribution is 5.31. The Morgan fingerprint density at radius 3 is 2.17 bits per heavy atom. The van der Waals surface area contributed by atoms with Gasteiger partial charge in [0, 0.05) is 0 Å². The molecule has 4 unspecified atom stereocenters. The van der Waals surface area contributed by atoms with Crippen LogP contribution >= 0.6 is 0 Å². The van der Waals surface area contributed by atoms with Crippen LogP contribution in [0.5, 0.6) is 5.75 Å². The molecular weight excluding hydrogens is 385 g/mol. The van der Waals surface area contributed by atoms with Gasteiger partial charge in [-0.25, -0.2) is 4.39 Å². The summed E-state index contributed by atoms with van der Waals surface area (Å²) < 4.78 is 43.0. The fourth-order valence-corrected chi connectivity index (χ4v) is 7.01. The molecule has 0 radical (unpaired) electrons. The van der Waals surface area contributed by atoms with Gasteiger partial charge in [0.15, 0.2) is 11.6 Å². The fraction of sp³-hybridized carbons (Fsp3) is 0.769. The Labute approximate surface area is 179 Å². The Kier molecular flexibility index (Phi) is 7.31. The minimum Gasteiger partial charge on any atom is -0.432 e. The van der Waals surface area contributed by atoms with Crippen LogP contribution in [0.25, 0.3) is 0 Å². The lowest BCUT2D eigenvalue weighted by Gasteiger charge is -2.45. The predicted molar refractivity (Wildman–Crippen MR) is 114 cm³/mol. The van der Waals surface area contributed by atoms with Crippen molar-refractivity contribution < 1.29 is 17.9 Å². The molecule has 3 fully saturated rings. The summed E-state index contributed by atoms with van der Waals surface area (Å²) in [7, 11) is 0. The summed E-state index contributed by atoms with van der Waals surface area (Å²) in [6, 6.07) is 4.54. The van der Waals surface area contributed by atoms with E-state index in [0.29, 0.717) is 5.92 Å². The molecular formula is C26H37F3O. The van der Waals surface area contributed by atoms with Crippen LogP contribution in [0.15, 0.2) is 18.2 Å². The Hall–Kier alpha value is -1.19. The number of ether oxygens (including phenoxy) is 1. The lowest BCUT2D eigenvalue weighted by molar-refractivity contribution is -0.0522. The minimum atomic E-state index is -2.99. The van der Waals surface area contributed by atoms with E-state index in [1.807, 2.05) is 0 Å². The van der Waals surface area contributed by atoms with E-state index < -0.39 is 12.4 Å².